The summed E-state index contributed by atoms with van der Waals surface area (Å²) in [6.07, 6.45) is 3.33. The summed E-state index contributed by atoms with van der Waals surface area (Å²) >= 11 is 6.30. The molecule has 1 fully saturated rings. The van der Waals surface area contributed by atoms with Gasteiger partial charge in [-0.05, 0) is 30.5 Å². The van der Waals surface area contributed by atoms with Crippen molar-refractivity contribution >= 4 is 21.6 Å². The van der Waals surface area contributed by atoms with Crippen LogP contribution in [0.15, 0.2) is 18.2 Å². The Morgan fingerprint density at radius 3 is 2.69 bits per heavy atom. The lowest BCUT2D eigenvalue weighted by molar-refractivity contribution is 0.0368. The van der Waals surface area contributed by atoms with Gasteiger partial charge in [0, 0.05) is 74.1 Å². The molecule has 0 spiro atoms. The highest BCUT2D eigenvalue weighted by atomic mass is 35.5. The third kappa shape index (κ3) is 5.35. The monoisotopic (exact) mass is 482 g/mol. The molecule has 3 heterocycles. The van der Waals surface area contributed by atoms with E-state index in [2.05, 4.69) is 9.58 Å². The number of aliphatic hydroxyl groups is 1. The topological polar surface area (TPSA) is 87.9 Å². The van der Waals surface area contributed by atoms with E-state index in [-0.39, 0.29) is 6.61 Å². The fourth-order valence-electron chi connectivity index (χ4n) is 4.47. The van der Waals surface area contributed by atoms with E-state index in [0.29, 0.717) is 31.0 Å². The summed E-state index contributed by atoms with van der Waals surface area (Å²) in [7, 11) is -3.29. The van der Waals surface area contributed by atoms with Gasteiger partial charge in [-0.15, -0.1) is 0 Å². The van der Waals surface area contributed by atoms with Crippen LogP contribution in [0.2, 0.25) is 5.02 Å². The maximum absolute atomic E-state index is 12.2. The number of fused-ring (bicyclic) bond motifs is 1. The van der Waals surface area contributed by atoms with E-state index in [1.165, 1.54) is 10.6 Å². The second-order valence-corrected chi connectivity index (χ2v) is 10.8. The minimum atomic E-state index is -3.29. The van der Waals surface area contributed by atoms with E-state index in [4.69, 9.17) is 21.4 Å². The van der Waals surface area contributed by atoms with Crippen LogP contribution in [0.5, 0.6) is 0 Å². The molecule has 2 aliphatic heterocycles. The van der Waals surface area contributed by atoms with Gasteiger partial charge in [0.15, 0.2) is 0 Å². The van der Waals surface area contributed by atoms with Crippen molar-refractivity contribution in [3.8, 4) is 11.3 Å². The summed E-state index contributed by atoms with van der Waals surface area (Å²) in [5.41, 5.74) is 4.64. The molecule has 1 N–H and O–H groups in total. The molecule has 0 unspecified atom stereocenters. The number of nitrogens with zero attached hydrogens (tertiary/aromatic N) is 4. The van der Waals surface area contributed by atoms with E-state index in [0.717, 1.165) is 73.9 Å². The zero-order valence-corrected chi connectivity index (χ0v) is 20.0. The maximum atomic E-state index is 12.2. The first-order chi connectivity index (χ1) is 15.4. The van der Waals surface area contributed by atoms with Crippen LogP contribution in [-0.4, -0.2) is 84.8 Å². The molecule has 0 radical (unpaired) electrons. The fraction of sp³-hybridized carbons (Fsp3) is 0.591. The third-order valence-electron chi connectivity index (χ3n) is 6.22. The van der Waals surface area contributed by atoms with Crippen molar-refractivity contribution in [3.63, 3.8) is 0 Å². The molecule has 2 aromatic rings. The minimum Gasteiger partial charge on any atom is -0.396 e. The van der Waals surface area contributed by atoms with Crippen molar-refractivity contribution in [2.75, 3.05) is 52.3 Å². The number of hydrogen-bond acceptors (Lipinski definition) is 6. The van der Waals surface area contributed by atoms with Gasteiger partial charge in [-0.2, -0.15) is 9.40 Å². The van der Waals surface area contributed by atoms with Crippen molar-refractivity contribution in [2.24, 2.45) is 0 Å². The zero-order valence-electron chi connectivity index (χ0n) is 18.5. The van der Waals surface area contributed by atoms with Crippen LogP contribution in [0, 0.1) is 0 Å². The molecule has 0 saturated carbocycles. The molecule has 1 aromatic heterocycles. The molecule has 176 valence electrons. The molecular formula is C22H31ClN4O4S. The fourth-order valence-corrected chi connectivity index (χ4v) is 5.47. The number of aliphatic hydroxyl groups excluding tert-OH is 1. The Morgan fingerprint density at radius 1 is 1.19 bits per heavy atom. The van der Waals surface area contributed by atoms with E-state index < -0.39 is 10.0 Å². The summed E-state index contributed by atoms with van der Waals surface area (Å²) < 4.78 is 33.4. The third-order valence-corrected chi connectivity index (χ3v) is 7.83. The second-order valence-electron chi connectivity index (χ2n) is 8.43. The van der Waals surface area contributed by atoms with Gasteiger partial charge in [-0.3, -0.25) is 9.58 Å². The van der Waals surface area contributed by atoms with Crippen LogP contribution in [0.25, 0.3) is 11.3 Å². The quantitative estimate of drug-likeness (QED) is 0.617. The molecule has 0 amide bonds. The van der Waals surface area contributed by atoms with Crippen LogP contribution < -0.4 is 0 Å². The lowest BCUT2D eigenvalue weighted by atomic mass is 10.00. The molecule has 8 nitrogen and oxygen atoms in total. The largest absolute Gasteiger partial charge is 0.396 e. The molecule has 1 saturated heterocycles. The lowest BCUT2D eigenvalue weighted by Crippen LogP contribution is -2.37. The molecule has 10 heteroatoms. The van der Waals surface area contributed by atoms with Crippen molar-refractivity contribution in [2.45, 2.75) is 32.4 Å². The van der Waals surface area contributed by atoms with Gasteiger partial charge in [0.1, 0.15) is 0 Å². The predicted molar refractivity (Wildman–Crippen MR) is 124 cm³/mol. The second kappa shape index (κ2) is 10.2. The first kappa shape index (κ1) is 23.7. The van der Waals surface area contributed by atoms with Crippen molar-refractivity contribution in [1.29, 1.82) is 0 Å². The molecule has 4 rings (SSSR count). The number of aryl methyl sites for hydroxylation is 1. The van der Waals surface area contributed by atoms with Crippen LogP contribution in [0.1, 0.15) is 23.2 Å². The van der Waals surface area contributed by atoms with Crippen LogP contribution in [-0.2, 0) is 40.7 Å². The number of ether oxygens (including phenoxy) is 1. The van der Waals surface area contributed by atoms with Crippen LogP contribution in [0.4, 0.5) is 0 Å². The number of aromatic nitrogens is 2. The highest BCUT2D eigenvalue weighted by molar-refractivity contribution is 7.88. The molecule has 2 aliphatic rings. The Hall–Kier alpha value is -1.49. The Morgan fingerprint density at radius 2 is 1.97 bits per heavy atom. The molecule has 32 heavy (non-hydrogen) atoms. The number of benzene rings is 1. The van der Waals surface area contributed by atoms with Crippen molar-refractivity contribution in [1.82, 2.24) is 19.0 Å². The number of halogens is 1. The number of sulfonamides is 1. The van der Waals surface area contributed by atoms with Gasteiger partial charge in [0.05, 0.1) is 25.2 Å². The molecular weight excluding hydrogens is 452 g/mol. The van der Waals surface area contributed by atoms with Crippen LogP contribution in [0.3, 0.4) is 0 Å². The molecule has 0 atom stereocenters. The maximum Gasteiger partial charge on any atom is 0.211 e. The van der Waals surface area contributed by atoms with Gasteiger partial charge < -0.3 is 9.84 Å². The first-order valence-corrected chi connectivity index (χ1v) is 13.3. The summed E-state index contributed by atoms with van der Waals surface area (Å²) in [6, 6.07) is 5.70. The van der Waals surface area contributed by atoms with Gasteiger partial charge in [-0.25, -0.2) is 8.42 Å². The molecule has 0 bridgehead atoms. The van der Waals surface area contributed by atoms with Gasteiger partial charge in [-0.1, -0.05) is 17.7 Å². The van der Waals surface area contributed by atoms with E-state index in [1.54, 1.807) is 0 Å². The summed E-state index contributed by atoms with van der Waals surface area (Å²) in [4.78, 5) is 2.41. The first-order valence-electron chi connectivity index (χ1n) is 11.1. The number of rotatable bonds is 8. The van der Waals surface area contributed by atoms with Crippen LogP contribution >= 0.6 is 11.6 Å². The molecule has 0 aliphatic carbocycles. The minimum absolute atomic E-state index is 0.0130. The highest BCUT2D eigenvalue weighted by Gasteiger charge is 2.29. The van der Waals surface area contributed by atoms with Crippen molar-refractivity contribution in [3.05, 3.63) is 40.0 Å². The van der Waals surface area contributed by atoms with Gasteiger partial charge >= 0.3 is 0 Å². The van der Waals surface area contributed by atoms with Crippen molar-refractivity contribution < 1.29 is 18.3 Å². The number of hydrogen-bond donors (Lipinski definition) is 1. The summed E-state index contributed by atoms with van der Waals surface area (Å²) in [6.45, 7) is 6.08. The predicted octanol–water partition coefficient (Wildman–Crippen LogP) is 1.78. The lowest BCUT2D eigenvalue weighted by Gasteiger charge is -2.27. The summed E-state index contributed by atoms with van der Waals surface area (Å²) in [5, 5.41) is 14.9. The van der Waals surface area contributed by atoms with E-state index in [9.17, 15) is 13.5 Å². The average Bonchev–Trinajstić information content (AvgIpc) is 3.14. The Balaban J connectivity index is 1.62. The number of morpholine rings is 1. The SMILES string of the molecule is CS(=O)(=O)N1CCc2c(c(-c3ccc(Cl)c(CCO)c3)nn2CCCN2CCOCC2)C1. The summed E-state index contributed by atoms with van der Waals surface area (Å²) in [5.74, 6) is 0. The Bertz CT molecular complexity index is 1050. The van der Waals surface area contributed by atoms with E-state index in [1.807, 2.05) is 18.2 Å². The standard InChI is InChI=1S/C22H31ClN4O4S/c1-32(29,30)26-9-5-21-19(16-26)22(18-3-4-20(23)17(15-18)6-12-28)24-27(21)8-2-7-25-10-13-31-14-11-25/h3-4,15,28H,2,5-14,16H2,1H3. The molecule has 1 aromatic carbocycles. The van der Waals surface area contributed by atoms with Gasteiger partial charge in [0.25, 0.3) is 0 Å². The highest BCUT2D eigenvalue weighted by Crippen LogP contribution is 2.33. The smallest absolute Gasteiger partial charge is 0.211 e. The average molecular weight is 483 g/mol. The zero-order chi connectivity index (χ0) is 22.7. The Labute approximate surface area is 194 Å². The van der Waals surface area contributed by atoms with E-state index >= 15 is 0 Å². The van der Waals surface area contributed by atoms with Gasteiger partial charge in [0.2, 0.25) is 10.0 Å². The Kier molecular flexibility index (Phi) is 7.54. The normalized spacial score (nSPS) is 18.1.